The fourth-order valence-electron chi connectivity index (χ4n) is 2.71. The molecule has 0 N–H and O–H groups in total. The SMILES string of the molecule is Cc1nnnn1/C(=C\c1ccccc1)C(=O)OCC(=O)c1ccc(C(C)C)cc1. The maximum absolute atomic E-state index is 12.7. The van der Waals surface area contributed by atoms with Crippen LogP contribution in [-0.2, 0) is 9.53 Å². The Bertz CT molecular complexity index is 1020. The molecule has 7 nitrogen and oxygen atoms in total. The van der Waals surface area contributed by atoms with Gasteiger partial charge in [-0.15, -0.1) is 5.10 Å². The summed E-state index contributed by atoms with van der Waals surface area (Å²) in [6, 6.07) is 16.6. The van der Waals surface area contributed by atoms with Crippen LogP contribution in [0.15, 0.2) is 54.6 Å². The highest BCUT2D eigenvalue weighted by Gasteiger charge is 2.19. The summed E-state index contributed by atoms with van der Waals surface area (Å²) in [5, 5.41) is 11.2. The Morgan fingerprint density at radius 1 is 1.07 bits per heavy atom. The lowest BCUT2D eigenvalue weighted by Crippen LogP contribution is -2.19. The molecule has 0 spiro atoms. The smallest absolute Gasteiger partial charge is 0.357 e. The lowest BCUT2D eigenvalue weighted by molar-refractivity contribution is -0.136. The number of aryl methyl sites for hydroxylation is 1. The van der Waals surface area contributed by atoms with Gasteiger partial charge in [0.05, 0.1) is 0 Å². The maximum Gasteiger partial charge on any atom is 0.357 e. The molecule has 148 valence electrons. The van der Waals surface area contributed by atoms with E-state index in [2.05, 4.69) is 29.4 Å². The molecule has 29 heavy (non-hydrogen) atoms. The molecule has 0 bridgehead atoms. The van der Waals surface area contributed by atoms with Crippen LogP contribution in [-0.4, -0.2) is 38.6 Å². The van der Waals surface area contributed by atoms with Gasteiger partial charge in [0.2, 0.25) is 0 Å². The lowest BCUT2D eigenvalue weighted by Gasteiger charge is -2.09. The number of rotatable bonds is 7. The number of hydrogen-bond acceptors (Lipinski definition) is 6. The zero-order valence-corrected chi connectivity index (χ0v) is 16.6. The summed E-state index contributed by atoms with van der Waals surface area (Å²) in [6.07, 6.45) is 1.62. The average molecular weight is 390 g/mol. The molecule has 0 aliphatic carbocycles. The maximum atomic E-state index is 12.7. The van der Waals surface area contributed by atoms with Gasteiger partial charge in [-0.05, 0) is 40.5 Å². The average Bonchev–Trinajstić information content (AvgIpc) is 3.16. The van der Waals surface area contributed by atoms with E-state index >= 15 is 0 Å². The molecule has 0 aliphatic heterocycles. The summed E-state index contributed by atoms with van der Waals surface area (Å²) in [7, 11) is 0. The van der Waals surface area contributed by atoms with Crippen LogP contribution in [0.5, 0.6) is 0 Å². The molecule has 0 atom stereocenters. The van der Waals surface area contributed by atoms with Crippen molar-refractivity contribution < 1.29 is 14.3 Å². The molecule has 3 rings (SSSR count). The molecule has 1 aromatic heterocycles. The molecule has 2 aromatic carbocycles. The molecule has 7 heteroatoms. The Labute approximate surface area is 169 Å². The topological polar surface area (TPSA) is 87.0 Å². The van der Waals surface area contributed by atoms with Crippen LogP contribution in [0.3, 0.4) is 0 Å². The van der Waals surface area contributed by atoms with E-state index in [0.717, 1.165) is 11.1 Å². The number of carbonyl (C=O) groups excluding carboxylic acids is 2. The second kappa shape index (κ2) is 9.05. The van der Waals surface area contributed by atoms with E-state index in [0.29, 0.717) is 17.3 Å². The van der Waals surface area contributed by atoms with E-state index in [4.69, 9.17) is 4.74 Å². The van der Waals surface area contributed by atoms with Gasteiger partial charge in [-0.2, -0.15) is 4.68 Å². The quantitative estimate of drug-likeness (QED) is 0.348. The molecular weight excluding hydrogens is 368 g/mol. The molecule has 0 saturated carbocycles. The second-order valence-corrected chi connectivity index (χ2v) is 6.85. The van der Waals surface area contributed by atoms with Gasteiger partial charge in [0, 0.05) is 5.56 Å². The van der Waals surface area contributed by atoms with Crippen molar-refractivity contribution in [2.24, 2.45) is 0 Å². The number of carbonyl (C=O) groups is 2. The van der Waals surface area contributed by atoms with Gasteiger partial charge in [0.25, 0.3) is 0 Å². The van der Waals surface area contributed by atoms with Crippen LogP contribution in [0.2, 0.25) is 0 Å². The third-order valence-electron chi connectivity index (χ3n) is 4.40. The summed E-state index contributed by atoms with van der Waals surface area (Å²) in [6.45, 7) is 5.47. The molecule has 0 fully saturated rings. The summed E-state index contributed by atoms with van der Waals surface area (Å²) >= 11 is 0. The second-order valence-electron chi connectivity index (χ2n) is 6.85. The number of aromatic nitrogens is 4. The van der Waals surface area contributed by atoms with Crippen molar-refractivity contribution >= 4 is 23.5 Å². The largest absolute Gasteiger partial charge is 0.453 e. The monoisotopic (exact) mass is 390 g/mol. The first-order chi connectivity index (χ1) is 14.0. The number of esters is 1. The van der Waals surface area contributed by atoms with E-state index in [1.807, 2.05) is 42.5 Å². The van der Waals surface area contributed by atoms with Crippen LogP contribution >= 0.6 is 0 Å². The Kier molecular flexibility index (Phi) is 6.29. The third kappa shape index (κ3) is 5.01. The number of ketones is 1. The molecular formula is C22H22N4O3. The molecule has 0 radical (unpaired) electrons. The summed E-state index contributed by atoms with van der Waals surface area (Å²) in [5.41, 5.74) is 2.54. The Morgan fingerprint density at radius 2 is 1.76 bits per heavy atom. The van der Waals surface area contributed by atoms with E-state index in [-0.39, 0.29) is 18.1 Å². The van der Waals surface area contributed by atoms with Crippen molar-refractivity contribution in [2.75, 3.05) is 6.61 Å². The molecule has 0 saturated heterocycles. The molecule has 0 unspecified atom stereocenters. The first kappa shape index (κ1) is 20.1. The van der Waals surface area contributed by atoms with Crippen molar-refractivity contribution in [1.29, 1.82) is 0 Å². The van der Waals surface area contributed by atoms with Crippen LogP contribution in [0.4, 0.5) is 0 Å². The van der Waals surface area contributed by atoms with Gasteiger partial charge < -0.3 is 4.74 Å². The van der Waals surface area contributed by atoms with Crippen molar-refractivity contribution in [1.82, 2.24) is 20.2 Å². The zero-order chi connectivity index (χ0) is 20.8. The Balaban J connectivity index is 1.76. The van der Waals surface area contributed by atoms with Gasteiger partial charge in [-0.1, -0.05) is 68.4 Å². The van der Waals surface area contributed by atoms with Crippen LogP contribution in [0.25, 0.3) is 11.8 Å². The van der Waals surface area contributed by atoms with Gasteiger partial charge in [-0.25, -0.2) is 4.79 Å². The third-order valence-corrected chi connectivity index (χ3v) is 4.40. The first-order valence-corrected chi connectivity index (χ1v) is 9.28. The van der Waals surface area contributed by atoms with E-state index < -0.39 is 5.97 Å². The molecule has 0 amide bonds. The summed E-state index contributed by atoms with van der Waals surface area (Å²) in [4.78, 5) is 25.1. The Hall–Kier alpha value is -3.61. The normalized spacial score (nSPS) is 11.5. The number of Topliss-reactive ketones (excluding diaryl/α,β-unsaturated/α-hetero) is 1. The van der Waals surface area contributed by atoms with Crippen LogP contribution < -0.4 is 0 Å². The van der Waals surface area contributed by atoms with E-state index in [9.17, 15) is 9.59 Å². The minimum atomic E-state index is -0.684. The highest BCUT2D eigenvalue weighted by Crippen LogP contribution is 2.16. The van der Waals surface area contributed by atoms with E-state index in [1.54, 1.807) is 25.1 Å². The highest BCUT2D eigenvalue weighted by atomic mass is 16.5. The van der Waals surface area contributed by atoms with Gasteiger partial charge >= 0.3 is 5.97 Å². The number of hydrogen-bond donors (Lipinski definition) is 0. The van der Waals surface area contributed by atoms with Crippen molar-refractivity contribution in [3.05, 3.63) is 77.1 Å². The number of benzene rings is 2. The minimum Gasteiger partial charge on any atom is -0.453 e. The highest BCUT2D eigenvalue weighted by molar-refractivity contribution is 6.16. The predicted molar refractivity (Wildman–Crippen MR) is 109 cm³/mol. The van der Waals surface area contributed by atoms with Gasteiger partial charge in [0.15, 0.2) is 23.9 Å². The standard InChI is InChI=1S/C22H22N4O3/c1-15(2)18-9-11-19(12-10-18)21(27)14-29-22(28)20(26-16(3)23-24-25-26)13-17-7-5-4-6-8-17/h4-13,15H,14H2,1-3H3/b20-13-. The minimum absolute atomic E-state index is 0.127. The molecule has 0 aliphatic rings. The van der Waals surface area contributed by atoms with Crippen molar-refractivity contribution in [2.45, 2.75) is 26.7 Å². The molecule has 1 heterocycles. The fraction of sp³-hybridized carbons (Fsp3) is 0.227. The first-order valence-electron chi connectivity index (χ1n) is 9.28. The number of nitrogens with zero attached hydrogens (tertiary/aromatic N) is 4. The zero-order valence-electron chi connectivity index (χ0n) is 16.6. The lowest BCUT2D eigenvalue weighted by atomic mass is 10.0. The Morgan fingerprint density at radius 3 is 2.34 bits per heavy atom. The van der Waals surface area contributed by atoms with Gasteiger partial charge in [0.1, 0.15) is 0 Å². The fourth-order valence-corrected chi connectivity index (χ4v) is 2.71. The number of tetrazole rings is 1. The summed E-state index contributed by atoms with van der Waals surface area (Å²) in [5.74, 6) is -0.153. The van der Waals surface area contributed by atoms with Crippen molar-refractivity contribution in [3.63, 3.8) is 0 Å². The number of ether oxygens (including phenoxy) is 1. The summed E-state index contributed by atoms with van der Waals surface area (Å²) < 4.78 is 6.56. The van der Waals surface area contributed by atoms with E-state index in [1.165, 1.54) is 4.68 Å². The van der Waals surface area contributed by atoms with Gasteiger partial charge in [-0.3, -0.25) is 4.79 Å². The van der Waals surface area contributed by atoms with Crippen LogP contribution in [0, 0.1) is 6.92 Å². The molecule has 3 aromatic rings. The van der Waals surface area contributed by atoms with Crippen molar-refractivity contribution in [3.8, 4) is 0 Å². The van der Waals surface area contributed by atoms with Crippen LogP contribution in [0.1, 0.15) is 47.1 Å². The predicted octanol–water partition coefficient (Wildman–Crippen LogP) is 3.53.